The van der Waals surface area contributed by atoms with E-state index in [1.54, 1.807) is 0 Å². The van der Waals surface area contributed by atoms with Crippen molar-refractivity contribution in [2.45, 2.75) is 69.4 Å². The fraction of sp³-hybridized carbons (Fsp3) is 0.379. The number of imidazole rings is 1. The highest BCUT2D eigenvalue weighted by molar-refractivity contribution is 6.74. The average Bonchev–Trinajstić information content (AvgIpc) is 3.20. The number of rotatable bonds is 8. The molecule has 2 aromatic carbocycles. The van der Waals surface area contributed by atoms with Gasteiger partial charge in [-0.1, -0.05) is 92.0 Å². The molecule has 0 radical (unpaired) electrons. The van der Waals surface area contributed by atoms with Crippen LogP contribution in [0.4, 0.5) is 0 Å². The number of nitrogens with zero attached hydrogens (tertiary/aromatic N) is 3. The number of pyridine rings is 1. The molecular weight excluding hydrogens is 557 g/mol. The van der Waals surface area contributed by atoms with E-state index in [-0.39, 0.29) is 5.04 Å². The molecule has 4 aromatic rings. The van der Waals surface area contributed by atoms with Crippen LogP contribution in [0.2, 0.25) is 18.1 Å². The second-order valence-electron chi connectivity index (χ2n) is 11.1. The van der Waals surface area contributed by atoms with Crippen LogP contribution in [0.25, 0.3) is 11.0 Å². The summed E-state index contributed by atoms with van der Waals surface area (Å²) in [5.41, 5.74) is 5.30. The maximum Gasteiger partial charge on any atom is 0.248 e. The van der Waals surface area contributed by atoms with E-state index in [4.69, 9.17) is 48.9 Å². The minimum Gasteiger partial charge on any atom is -0.487 e. The third kappa shape index (κ3) is 6.72. The third-order valence-corrected chi connectivity index (χ3v) is 12.1. The summed E-state index contributed by atoms with van der Waals surface area (Å²) in [6.45, 7) is 14.4. The van der Waals surface area contributed by atoms with Gasteiger partial charge in [-0.25, -0.2) is 4.98 Å². The summed E-state index contributed by atoms with van der Waals surface area (Å²) in [4.78, 5) is 9.47. The van der Waals surface area contributed by atoms with Crippen LogP contribution in [0.1, 0.15) is 49.1 Å². The lowest BCUT2D eigenvalue weighted by molar-refractivity contribution is 0.276. The fourth-order valence-corrected chi connectivity index (χ4v) is 5.24. The molecule has 0 aliphatic heterocycles. The van der Waals surface area contributed by atoms with Crippen LogP contribution < -0.4 is 4.74 Å². The summed E-state index contributed by atoms with van der Waals surface area (Å²) in [5.74, 6) is 1.01. The van der Waals surface area contributed by atoms with Crippen molar-refractivity contribution in [3.05, 3.63) is 89.0 Å². The monoisotopic (exact) mass is 589 g/mol. The molecule has 9 heteroatoms. The zero-order valence-corrected chi connectivity index (χ0v) is 26.0. The van der Waals surface area contributed by atoms with Gasteiger partial charge in [0.1, 0.15) is 18.1 Å². The molecule has 2 heterocycles. The third-order valence-electron chi connectivity index (χ3n) is 7.09. The molecule has 5 nitrogen and oxygen atoms in total. The zero-order chi connectivity index (χ0) is 27.7. The molecule has 0 amide bonds. The maximum absolute atomic E-state index is 6.47. The molecule has 2 aromatic heterocycles. The Hall–Kier alpha value is -2.09. The van der Waals surface area contributed by atoms with Gasteiger partial charge in [0, 0.05) is 5.69 Å². The van der Waals surface area contributed by atoms with Crippen LogP contribution in [0.3, 0.4) is 0 Å². The van der Waals surface area contributed by atoms with E-state index in [0.29, 0.717) is 31.3 Å². The number of hydrogen-bond acceptors (Lipinski definition) is 4. The summed E-state index contributed by atoms with van der Waals surface area (Å²) in [7, 11) is -1.92. The van der Waals surface area contributed by atoms with Gasteiger partial charge in [-0.15, -0.1) is 0 Å². The van der Waals surface area contributed by atoms with Gasteiger partial charge >= 0.3 is 0 Å². The van der Waals surface area contributed by atoms with Crippen LogP contribution >= 0.6 is 34.8 Å². The van der Waals surface area contributed by atoms with Crippen molar-refractivity contribution < 1.29 is 9.16 Å². The fourth-order valence-electron chi connectivity index (χ4n) is 3.84. The number of ether oxygens (including phenoxy) is 1. The number of fused-ring (bicyclic) bond motifs is 1. The van der Waals surface area contributed by atoms with Gasteiger partial charge in [-0.2, -0.15) is 0 Å². The van der Waals surface area contributed by atoms with E-state index in [9.17, 15) is 0 Å². The number of aromatic nitrogens is 3. The van der Waals surface area contributed by atoms with Crippen LogP contribution in [0.15, 0.2) is 60.7 Å². The molecule has 0 saturated heterocycles. The summed E-state index contributed by atoms with van der Waals surface area (Å²) in [5, 5.41) is 0.120. The highest BCUT2D eigenvalue weighted by Gasteiger charge is 2.37. The first-order valence-electron chi connectivity index (χ1n) is 12.6. The summed E-state index contributed by atoms with van der Waals surface area (Å²) in [6.07, 6.45) is 0. The van der Waals surface area contributed by atoms with Gasteiger partial charge in [-0.05, 0) is 60.4 Å². The molecule has 0 atom stereocenters. The molecule has 0 aliphatic rings. The predicted octanol–water partition coefficient (Wildman–Crippen LogP) is 8.72. The minimum atomic E-state index is -1.92. The van der Waals surface area contributed by atoms with Crippen LogP contribution in [-0.2, 0) is 28.0 Å². The molecule has 0 bridgehead atoms. The van der Waals surface area contributed by atoms with Crippen molar-refractivity contribution in [1.82, 2.24) is 14.5 Å². The van der Waals surface area contributed by atoms with Gasteiger partial charge in [0.25, 0.3) is 0 Å². The molecular formula is C29H34Cl3N3O2Si. The van der Waals surface area contributed by atoms with Crippen molar-refractivity contribution in [2.24, 2.45) is 0 Å². The Labute approximate surface area is 241 Å². The molecule has 0 unspecified atom stereocenters. The molecule has 0 fully saturated rings. The Balaban J connectivity index is 1.70. The Morgan fingerprint density at radius 3 is 2.24 bits per heavy atom. The predicted molar refractivity (Wildman–Crippen MR) is 160 cm³/mol. The van der Waals surface area contributed by atoms with E-state index in [0.717, 1.165) is 33.5 Å². The van der Waals surface area contributed by atoms with Gasteiger partial charge in [0.05, 0.1) is 24.2 Å². The van der Waals surface area contributed by atoms with Crippen molar-refractivity contribution in [2.75, 3.05) is 0 Å². The molecule has 0 aliphatic carbocycles. The Kier molecular flexibility index (Phi) is 8.51. The average molecular weight is 591 g/mol. The highest BCUT2D eigenvalue weighted by atomic mass is 35.6. The Bertz CT molecular complexity index is 1410. The molecule has 202 valence electrons. The second kappa shape index (κ2) is 11.2. The quantitative estimate of drug-likeness (QED) is 0.152. The van der Waals surface area contributed by atoms with Gasteiger partial charge < -0.3 is 13.7 Å². The molecule has 0 saturated carbocycles. The van der Waals surface area contributed by atoms with E-state index in [1.807, 2.05) is 66.1 Å². The first kappa shape index (κ1) is 28.9. The smallest absolute Gasteiger partial charge is 0.248 e. The van der Waals surface area contributed by atoms with Crippen LogP contribution in [0.5, 0.6) is 5.75 Å². The van der Waals surface area contributed by atoms with Crippen molar-refractivity contribution in [3.63, 3.8) is 0 Å². The summed E-state index contributed by atoms with van der Waals surface area (Å²) in [6, 6.07) is 19.9. The minimum absolute atomic E-state index is 0.120. The lowest BCUT2D eigenvalue weighted by atomic mass is 10.2. The van der Waals surface area contributed by atoms with E-state index in [2.05, 4.69) is 44.9 Å². The number of aryl methyl sites for hydroxylation is 1. The molecule has 38 heavy (non-hydrogen) atoms. The Morgan fingerprint density at radius 2 is 1.58 bits per heavy atom. The van der Waals surface area contributed by atoms with Crippen LogP contribution in [0, 0.1) is 6.92 Å². The van der Waals surface area contributed by atoms with Gasteiger partial charge in [0.15, 0.2) is 14.1 Å². The summed E-state index contributed by atoms with van der Waals surface area (Å²) < 4.78 is 12.8. The zero-order valence-electron chi connectivity index (χ0n) is 22.7. The lowest BCUT2D eigenvalue weighted by Crippen LogP contribution is -2.40. The van der Waals surface area contributed by atoms with E-state index in [1.165, 1.54) is 0 Å². The summed E-state index contributed by atoms with van der Waals surface area (Å²) >= 11 is 19.2. The number of alkyl halides is 3. The van der Waals surface area contributed by atoms with Crippen molar-refractivity contribution >= 4 is 54.2 Å². The van der Waals surface area contributed by atoms with Crippen molar-refractivity contribution in [3.8, 4) is 5.75 Å². The van der Waals surface area contributed by atoms with E-state index < -0.39 is 12.1 Å². The number of hydrogen-bond donors (Lipinski definition) is 0. The van der Waals surface area contributed by atoms with Gasteiger partial charge in [0.2, 0.25) is 3.79 Å². The topological polar surface area (TPSA) is 49.2 Å². The Morgan fingerprint density at radius 1 is 0.868 bits per heavy atom. The van der Waals surface area contributed by atoms with Gasteiger partial charge in [-0.3, -0.25) is 4.98 Å². The standard InChI is InChI=1S/C29H34Cl3N3O2Si/c1-20-12-15-26(36-18-21-10-8-7-9-11-21)24(33-20)17-35-25-16-22(19-37-38(5,6)28(2,3)4)13-14-23(25)34-27(35)29(30,31)32/h7-16H,17-19H2,1-6H3. The SMILES string of the molecule is Cc1ccc(OCc2ccccc2)c(Cn2c(C(Cl)(Cl)Cl)nc3ccc(CO[Si](C)(C)C(C)(C)C)cc32)n1. The van der Waals surface area contributed by atoms with Crippen LogP contribution in [-0.4, -0.2) is 22.9 Å². The van der Waals surface area contributed by atoms with E-state index >= 15 is 0 Å². The first-order valence-corrected chi connectivity index (χ1v) is 16.6. The number of halogens is 3. The normalized spacial score (nSPS) is 12.8. The molecule has 0 N–H and O–H groups in total. The molecule has 4 rings (SSSR count). The largest absolute Gasteiger partial charge is 0.487 e. The highest BCUT2D eigenvalue weighted by Crippen LogP contribution is 2.40. The first-order chi connectivity index (χ1) is 17.7. The lowest BCUT2D eigenvalue weighted by Gasteiger charge is -2.36. The second-order valence-corrected chi connectivity index (χ2v) is 18.2. The van der Waals surface area contributed by atoms with Crippen molar-refractivity contribution in [1.29, 1.82) is 0 Å². The maximum atomic E-state index is 6.47. The number of benzene rings is 2. The molecule has 0 spiro atoms.